The van der Waals surface area contributed by atoms with Crippen LogP contribution in [0.4, 0.5) is 5.69 Å². The largest absolute Gasteiger partial charge is 0.464 e. The Bertz CT molecular complexity index is 1010. The second-order valence-electron chi connectivity index (χ2n) is 7.56. The zero-order chi connectivity index (χ0) is 19.5. The average Bonchev–Trinajstić information content (AvgIpc) is 3.44. The SMILES string of the molecule is c1coc(-c2ccc(N3CCC(NCCc4nc5ccccc5o4)CC3)cc2)c1. The Kier molecular flexibility index (Phi) is 5.05. The number of fused-ring (bicyclic) bond motifs is 1. The van der Waals surface area contributed by atoms with E-state index >= 15 is 0 Å². The number of para-hydroxylation sites is 2. The lowest BCUT2D eigenvalue weighted by Crippen LogP contribution is -2.43. The number of rotatable bonds is 6. The van der Waals surface area contributed by atoms with E-state index in [1.807, 2.05) is 36.4 Å². The Morgan fingerprint density at radius 3 is 2.55 bits per heavy atom. The van der Waals surface area contributed by atoms with Gasteiger partial charge in [-0.3, -0.25) is 0 Å². The fourth-order valence-corrected chi connectivity index (χ4v) is 4.03. The standard InChI is InChI=1S/C24H25N3O2/c1-2-5-23-21(4-1)26-24(29-23)11-14-25-19-12-15-27(16-13-19)20-9-7-18(8-10-20)22-6-3-17-28-22/h1-10,17,19,25H,11-16H2. The molecule has 1 aliphatic heterocycles. The van der Waals surface area contributed by atoms with E-state index in [0.717, 1.165) is 67.2 Å². The molecular formula is C24H25N3O2. The topological polar surface area (TPSA) is 54.4 Å². The van der Waals surface area contributed by atoms with Crippen LogP contribution in [0.5, 0.6) is 0 Å². The monoisotopic (exact) mass is 387 g/mol. The summed E-state index contributed by atoms with van der Waals surface area (Å²) in [6.07, 6.45) is 4.83. The van der Waals surface area contributed by atoms with Crippen molar-refractivity contribution < 1.29 is 8.83 Å². The normalized spacial score (nSPS) is 15.2. The third kappa shape index (κ3) is 4.05. The Labute approximate surface area is 170 Å². The van der Waals surface area contributed by atoms with Crippen molar-refractivity contribution in [3.8, 4) is 11.3 Å². The Balaban J connectivity index is 1.10. The van der Waals surface area contributed by atoms with E-state index in [1.54, 1.807) is 6.26 Å². The molecule has 29 heavy (non-hydrogen) atoms. The van der Waals surface area contributed by atoms with Crippen LogP contribution < -0.4 is 10.2 Å². The van der Waals surface area contributed by atoms with Gasteiger partial charge in [0.05, 0.1) is 6.26 Å². The van der Waals surface area contributed by atoms with E-state index in [9.17, 15) is 0 Å². The summed E-state index contributed by atoms with van der Waals surface area (Å²) in [7, 11) is 0. The van der Waals surface area contributed by atoms with Gasteiger partial charge in [0.15, 0.2) is 11.5 Å². The van der Waals surface area contributed by atoms with E-state index in [1.165, 1.54) is 5.69 Å². The molecule has 5 nitrogen and oxygen atoms in total. The van der Waals surface area contributed by atoms with Crippen molar-refractivity contribution in [3.63, 3.8) is 0 Å². The maximum atomic E-state index is 5.80. The molecule has 148 valence electrons. The van der Waals surface area contributed by atoms with Crippen molar-refractivity contribution in [2.75, 3.05) is 24.5 Å². The van der Waals surface area contributed by atoms with Crippen LogP contribution >= 0.6 is 0 Å². The number of anilines is 1. The minimum absolute atomic E-state index is 0.554. The van der Waals surface area contributed by atoms with Gasteiger partial charge in [-0.05, 0) is 61.4 Å². The van der Waals surface area contributed by atoms with Gasteiger partial charge in [-0.1, -0.05) is 12.1 Å². The van der Waals surface area contributed by atoms with Crippen LogP contribution in [-0.4, -0.2) is 30.7 Å². The first-order valence-electron chi connectivity index (χ1n) is 10.3. The molecule has 0 amide bonds. The van der Waals surface area contributed by atoms with Crippen molar-refractivity contribution in [2.24, 2.45) is 0 Å². The molecule has 2 aromatic heterocycles. The number of hydrogen-bond donors (Lipinski definition) is 1. The van der Waals surface area contributed by atoms with Crippen LogP contribution in [0.15, 0.2) is 75.8 Å². The number of nitrogens with one attached hydrogen (secondary N) is 1. The van der Waals surface area contributed by atoms with Crippen molar-refractivity contribution in [2.45, 2.75) is 25.3 Å². The number of furan rings is 1. The van der Waals surface area contributed by atoms with Gasteiger partial charge >= 0.3 is 0 Å². The van der Waals surface area contributed by atoms with Crippen LogP contribution in [0.3, 0.4) is 0 Å². The van der Waals surface area contributed by atoms with Gasteiger partial charge in [0.1, 0.15) is 11.3 Å². The Morgan fingerprint density at radius 1 is 0.966 bits per heavy atom. The number of nitrogens with zero attached hydrogens (tertiary/aromatic N) is 2. The molecule has 0 radical (unpaired) electrons. The Hall–Kier alpha value is -3.05. The molecule has 1 fully saturated rings. The molecule has 0 spiro atoms. The van der Waals surface area contributed by atoms with Gasteiger partial charge in [-0.2, -0.15) is 0 Å². The van der Waals surface area contributed by atoms with Crippen LogP contribution in [0.1, 0.15) is 18.7 Å². The minimum atomic E-state index is 0.554. The number of hydrogen-bond acceptors (Lipinski definition) is 5. The lowest BCUT2D eigenvalue weighted by atomic mass is 10.0. The van der Waals surface area contributed by atoms with Crippen molar-refractivity contribution in [1.82, 2.24) is 10.3 Å². The fourth-order valence-electron chi connectivity index (χ4n) is 4.03. The van der Waals surface area contributed by atoms with E-state index in [4.69, 9.17) is 8.83 Å². The highest BCUT2D eigenvalue weighted by molar-refractivity contribution is 5.72. The molecule has 5 rings (SSSR count). The van der Waals surface area contributed by atoms with Crippen molar-refractivity contribution in [1.29, 1.82) is 0 Å². The summed E-state index contributed by atoms with van der Waals surface area (Å²) in [6, 6.07) is 21.1. The number of piperidine rings is 1. The molecule has 0 bridgehead atoms. The first-order valence-corrected chi connectivity index (χ1v) is 10.3. The van der Waals surface area contributed by atoms with Crippen LogP contribution in [0.2, 0.25) is 0 Å². The van der Waals surface area contributed by atoms with Crippen LogP contribution in [0.25, 0.3) is 22.4 Å². The third-order valence-corrected chi connectivity index (χ3v) is 5.64. The maximum Gasteiger partial charge on any atom is 0.196 e. The van der Waals surface area contributed by atoms with Gasteiger partial charge in [-0.15, -0.1) is 0 Å². The smallest absolute Gasteiger partial charge is 0.196 e. The highest BCUT2D eigenvalue weighted by atomic mass is 16.3. The molecule has 2 aromatic carbocycles. The fraction of sp³-hybridized carbons (Fsp3) is 0.292. The molecular weight excluding hydrogens is 362 g/mol. The van der Waals surface area contributed by atoms with Gasteiger partial charge in [-0.25, -0.2) is 4.98 Å². The molecule has 1 aliphatic rings. The summed E-state index contributed by atoms with van der Waals surface area (Å²) in [6.45, 7) is 3.04. The third-order valence-electron chi connectivity index (χ3n) is 5.64. The van der Waals surface area contributed by atoms with Gasteiger partial charge < -0.3 is 19.1 Å². The summed E-state index contributed by atoms with van der Waals surface area (Å²) in [5, 5.41) is 3.68. The molecule has 1 N–H and O–H groups in total. The molecule has 4 aromatic rings. The van der Waals surface area contributed by atoms with E-state index in [0.29, 0.717) is 6.04 Å². The van der Waals surface area contributed by atoms with Crippen molar-refractivity contribution >= 4 is 16.8 Å². The number of aromatic nitrogens is 1. The van der Waals surface area contributed by atoms with Gasteiger partial charge in [0.25, 0.3) is 0 Å². The predicted molar refractivity (Wildman–Crippen MR) is 115 cm³/mol. The van der Waals surface area contributed by atoms with Gasteiger partial charge in [0, 0.05) is 43.3 Å². The molecule has 3 heterocycles. The highest BCUT2D eigenvalue weighted by Crippen LogP contribution is 2.25. The molecule has 5 heteroatoms. The van der Waals surface area contributed by atoms with E-state index in [-0.39, 0.29) is 0 Å². The summed E-state index contributed by atoms with van der Waals surface area (Å²) in [5.74, 6) is 1.73. The van der Waals surface area contributed by atoms with E-state index < -0.39 is 0 Å². The van der Waals surface area contributed by atoms with Crippen LogP contribution in [0, 0.1) is 0 Å². The zero-order valence-electron chi connectivity index (χ0n) is 16.4. The molecule has 0 saturated carbocycles. The second-order valence-corrected chi connectivity index (χ2v) is 7.56. The summed E-state index contributed by atoms with van der Waals surface area (Å²) in [5.41, 5.74) is 4.21. The maximum absolute atomic E-state index is 5.80. The number of oxazole rings is 1. The quantitative estimate of drug-likeness (QED) is 0.511. The summed E-state index contributed by atoms with van der Waals surface area (Å²) < 4.78 is 11.3. The molecule has 0 unspecified atom stereocenters. The van der Waals surface area contributed by atoms with Gasteiger partial charge in [0.2, 0.25) is 0 Å². The lowest BCUT2D eigenvalue weighted by molar-refractivity contribution is 0.408. The van der Waals surface area contributed by atoms with E-state index in [2.05, 4.69) is 39.5 Å². The minimum Gasteiger partial charge on any atom is -0.464 e. The summed E-state index contributed by atoms with van der Waals surface area (Å²) in [4.78, 5) is 7.01. The molecule has 0 aliphatic carbocycles. The first-order chi connectivity index (χ1) is 14.3. The first kappa shape index (κ1) is 18.0. The average molecular weight is 387 g/mol. The summed E-state index contributed by atoms with van der Waals surface area (Å²) >= 11 is 0. The molecule has 0 atom stereocenters. The second kappa shape index (κ2) is 8.13. The van der Waals surface area contributed by atoms with Crippen molar-refractivity contribution in [3.05, 3.63) is 72.8 Å². The lowest BCUT2D eigenvalue weighted by Gasteiger charge is -2.34. The van der Waals surface area contributed by atoms with Crippen LogP contribution in [-0.2, 0) is 6.42 Å². The predicted octanol–water partition coefficient (Wildman–Crippen LogP) is 4.89. The number of benzene rings is 2. The molecule has 1 saturated heterocycles. The Morgan fingerprint density at radius 2 is 1.79 bits per heavy atom. The highest BCUT2D eigenvalue weighted by Gasteiger charge is 2.19. The zero-order valence-corrected chi connectivity index (χ0v) is 16.4.